The molecule has 0 spiro atoms. The number of amides is 2. The maximum absolute atomic E-state index is 11.3. The molecule has 0 aromatic rings. The summed E-state index contributed by atoms with van der Waals surface area (Å²) in [5.41, 5.74) is 0. The van der Waals surface area contributed by atoms with Gasteiger partial charge in [0.15, 0.2) is 0 Å². The van der Waals surface area contributed by atoms with Gasteiger partial charge in [-0.25, -0.2) is 0 Å². The Labute approximate surface area is 124 Å². The molecule has 0 fully saturated rings. The average Bonchev–Trinajstić information content (AvgIpc) is 2.40. The predicted octanol–water partition coefficient (Wildman–Crippen LogP) is 1.49. The van der Waals surface area contributed by atoms with E-state index in [9.17, 15) is 9.59 Å². The van der Waals surface area contributed by atoms with Crippen LogP contribution in [-0.4, -0.2) is 49.9 Å². The number of carbonyl (C=O) groups is 2. The highest BCUT2D eigenvalue weighted by Crippen LogP contribution is 1.91. The molecule has 0 aliphatic heterocycles. The Morgan fingerprint density at radius 2 is 1.15 bits per heavy atom. The second kappa shape index (κ2) is 12.9. The Hall–Kier alpha value is -1.10. The molecule has 0 aliphatic rings. The van der Waals surface area contributed by atoms with Crippen LogP contribution in [0.15, 0.2) is 0 Å². The Morgan fingerprint density at radius 3 is 1.40 bits per heavy atom. The van der Waals surface area contributed by atoms with Crippen LogP contribution in [0.4, 0.5) is 0 Å². The molecule has 0 saturated carbocycles. The van der Waals surface area contributed by atoms with E-state index >= 15 is 0 Å². The normalized spacial score (nSPS) is 10.3. The van der Waals surface area contributed by atoms with Crippen molar-refractivity contribution in [1.29, 1.82) is 0 Å². The lowest BCUT2D eigenvalue weighted by molar-refractivity contribution is -0.124. The molecule has 0 unspecified atom stereocenters. The number of hydrogen-bond acceptors (Lipinski definition) is 3. The van der Waals surface area contributed by atoms with Crippen LogP contribution in [0.3, 0.4) is 0 Å². The zero-order chi connectivity index (χ0) is 16.1. The van der Waals surface area contributed by atoms with Gasteiger partial charge < -0.3 is 15.5 Å². The lowest BCUT2D eigenvalue weighted by atomic mass is 10.2. The van der Waals surface area contributed by atoms with Crippen molar-refractivity contribution in [3.63, 3.8) is 0 Å². The second-order valence-electron chi connectivity index (χ2n) is 5.19. The first-order chi connectivity index (χ1) is 9.34. The topological polar surface area (TPSA) is 61.4 Å². The molecule has 0 atom stereocenters. The van der Waals surface area contributed by atoms with Gasteiger partial charge in [0.2, 0.25) is 11.8 Å². The lowest BCUT2D eigenvalue weighted by Crippen LogP contribution is -2.39. The van der Waals surface area contributed by atoms with E-state index in [1.54, 1.807) is 0 Å². The maximum Gasteiger partial charge on any atom is 0.222 e. The van der Waals surface area contributed by atoms with Gasteiger partial charge in [0.1, 0.15) is 0 Å². The molecule has 120 valence electrons. The highest BCUT2D eigenvalue weighted by Gasteiger charge is 2.07. The molecule has 5 nitrogen and oxygen atoms in total. The van der Waals surface area contributed by atoms with Gasteiger partial charge in [0.05, 0.1) is 0 Å². The number of nitrogens with one attached hydrogen (secondary N) is 2. The number of carbonyl (C=O) groups excluding carboxylic acids is 2. The van der Waals surface area contributed by atoms with Crippen LogP contribution >= 0.6 is 0 Å². The molecule has 2 N–H and O–H groups in total. The van der Waals surface area contributed by atoms with Crippen LogP contribution in [-0.2, 0) is 9.59 Å². The molecular weight excluding hydrogens is 254 g/mol. The SMILES string of the molecule is CC.CC(C)C(=O)NCCN(C)CCNC(=O)C(C)C. The van der Waals surface area contributed by atoms with Crippen molar-refractivity contribution in [3.05, 3.63) is 0 Å². The Balaban J connectivity index is 0. The predicted molar refractivity (Wildman–Crippen MR) is 84.5 cm³/mol. The monoisotopic (exact) mass is 287 g/mol. The van der Waals surface area contributed by atoms with E-state index < -0.39 is 0 Å². The van der Waals surface area contributed by atoms with Crippen molar-refractivity contribution >= 4 is 11.8 Å². The van der Waals surface area contributed by atoms with E-state index in [2.05, 4.69) is 15.5 Å². The summed E-state index contributed by atoms with van der Waals surface area (Å²) in [4.78, 5) is 24.7. The highest BCUT2D eigenvalue weighted by molar-refractivity contribution is 5.78. The third-order valence-electron chi connectivity index (χ3n) is 2.63. The van der Waals surface area contributed by atoms with Gasteiger partial charge >= 0.3 is 0 Å². The molecule has 0 bridgehead atoms. The fourth-order valence-electron chi connectivity index (χ4n) is 1.26. The zero-order valence-corrected chi connectivity index (χ0v) is 14.2. The highest BCUT2D eigenvalue weighted by atomic mass is 16.2. The summed E-state index contributed by atoms with van der Waals surface area (Å²) in [6.07, 6.45) is 0. The van der Waals surface area contributed by atoms with E-state index in [-0.39, 0.29) is 23.7 Å². The van der Waals surface area contributed by atoms with Gasteiger partial charge in [-0.1, -0.05) is 41.5 Å². The summed E-state index contributed by atoms with van der Waals surface area (Å²) in [6, 6.07) is 0. The van der Waals surface area contributed by atoms with Gasteiger partial charge in [-0.15, -0.1) is 0 Å². The van der Waals surface area contributed by atoms with Crippen LogP contribution < -0.4 is 10.6 Å². The molecule has 0 aliphatic carbocycles. The van der Waals surface area contributed by atoms with Crippen LogP contribution in [0.2, 0.25) is 0 Å². The van der Waals surface area contributed by atoms with Gasteiger partial charge in [-0.2, -0.15) is 0 Å². The van der Waals surface area contributed by atoms with Crippen molar-refractivity contribution < 1.29 is 9.59 Å². The van der Waals surface area contributed by atoms with Crippen molar-refractivity contribution in [1.82, 2.24) is 15.5 Å². The standard InChI is InChI=1S/C13H27N3O2.C2H6/c1-10(2)12(17)14-6-8-16(5)9-7-15-13(18)11(3)4;1-2/h10-11H,6-9H2,1-5H3,(H,14,17)(H,15,18);1-2H3. The molecule has 0 heterocycles. The van der Waals surface area contributed by atoms with Crippen molar-refractivity contribution in [3.8, 4) is 0 Å². The first kappa shape index (κ1) is 21.2. The fourth-order valence-corrected chi connectivity index (χ4v) is 1.26. The number of nitrogens with zero attached hydrogens (tertiary/aromatic N) is 1. The van der Waals surface area contributed by atoms with Crippen LogP contribution in [0.5, 0.6) is 0 Å². The van der Waals surface area contributed by atoms with E-state index in [1.807, 2.05) is 48.6 Å². The Morgan fingerprint density at radius 1 is 0.850 bits per heavy atom. The summed E-state index contributed by atoms with van der Waals surface area (Å²) < 4.78 is 0. The summed E-state index contributed by atoms with van der Waals surface area (Å²) in [5.74, 6) is 0.217. The van der Waals surface area contributed by atoms with E-state index in [1.165, 1.54) is 0 Å². The molecule has 0 radical (unpaired) electrons. The molecule has 0 rings (SSSR count). The smallest absolute Gasteiger partial charge is 0.222 e. The van der Waals surface area contributed by atoms with Gasteiger partial charge in [0.25, 0.3) is 0 Å². The quantitative estimate of drug-likeness (QED) is 0.711. The third kappa shape index (κ3) is 12.0. The molecule has 2 amide bonds. The molecule has 0 aromatic carbocycles. The maximum atomic E-state index is 11.3. The van der Waals surface area contributed by atoms with Crippen molar-refractivity contribution in [2.24, 2.45) is 11.8 Å². The largest absolute Gasteiger partial charge is 0.355 e. The molecule has 0 aromatic heterocycles. The summed E-state index contributed by atoms with van der Waals surface area (Å²) in [7, 11) is 1.98. The number of likely N-dealkylation sites (N-methyl/N-ethyl adjacent to an activating group) is 1. The molecular formula is C15H33N3O2. The number of rotatable bonds is 8. The van der Waals surface area contributed by atoms with E-state index in [0.717, 1.165) is 13.1 Å². The van der Waals surface area contributed by atoms with Crippen LogP contribution in [0, 0.1) is 11.8 Å². The van der Waals surface area contributed by atoms with Crippen LogP contribution in [0.25, 0.3) is 0 Å². The summed E-state index contributed by atoms with van der Waals surface area (Å²) >= 11 is 0. The minimum absolute atomic E-state index is 0.0284. The third-order valence-corrected chi connectivity index (χ3v) is 2.63. The van der Waals surface area contributed by atoms with Crippen molar-refractivity contribution in [2.45, 2.75) is 41.5 Å². The Kier molecular flexibility index (Phi) is 13.7. The minimum atomic E-state index is 0.0284. The van der Waals surface area contributed by atoms with Gasteiger partial charge in [0, 0.05) is 38.0 Å². The average molecular weight is 287 g/mol. The minimum Gasteiger partial charge on any atom is -0.355 e. The summed E-state index contributed by atoms with van der Waals surface area (Å²) in [6.45, 7) is 14.4. The molecule has 20 heavy (non-hydrogen) atoms. The van der Waals surface area contributed by atoms with E-state index in [0.29, 0.717) is 13.1 Å². The summed E-state index contributed by atoms with van der Waals surface area (Å²) in [5, 5.41) is 5.72. The van der Waals surface area contributed by atoms with Crippen molar-refractivity contribution in [2.75, 3.05) is 33.2 Å². The molecule has 0 saturated heterocycles. The molecule has 5 heteroatoms. The lowest BCUT2D eigenvalue weighted by Gasteiger charge is -2.18. The number of hydrogen-bond donors (Lipinski definition) is 2. The first-order valence-corrected chi connectivity index (χ1v) is 7.58. The fraction of sp³-hybridized carbons (Fsp3) is 0.867. The first-order valence-electron chi connectivity index (χ1n) is 7.58. The van der Waals surface area contributed by atoms with Gasteiger partial charge in [-0.3, -0.25) is 9.59 Å². The van der Waals surface area contributed by atoms with Crippen LogP contribution in [0.1, 0.15) is 41.5 Å². The van der Waals surface area contributed by atoms with E-state index in [4.69, 9.17) is 0 Å². The van der Waals surface area contributed by atoms with Gasteiger partial charge in [-0.05, 0) is 7.05 Å². The second-order valence-corrected chi connectivity index (χ2v) is 5.19. The zero-order valence-electron chi connectivity index (χ0n) is 14.2. The Bertz CT molecular complexity index is 240.